The van der Waals surface area contributed by atoms with Gasteiger partial charge in [0.2, 0.25) is 0 Å². The van der Waals surface area contributed by atoms with Crippen LogP contribution in [0.3, 0.4) is 0 Å². The zero-order valence-corrected chi connectivity index (χ0v) is 15.2. The Labute approximate surface area is 161 Å². The predicted molar refractivity (Wildman–Crippen MR) is 102 cm³/mol. The molecule has 2 rings (SSSR count). The van der Waals surface area contributed by atoms with Crippen LogP contribution in [-0.2, 0) is 20.9 Å². The van der Waals surface area contributed by atoms with E-state index in [1.165, 1.54) is 13.3 Å². The number of hydrogen-bond donors (Lipinski definition) is 3. The Kier molecular flexibility index (Phi) is 7.53. The van der Waals surface area contributed by atoms with Crippen molar-refractivity contribution < 1.29 is 23.9 Å². The lowest BCUT2D eigenvalue weighted by Crippen LogP contribution is -2.37. The summed E-state index contributed by atoms with van der Waals surface area (Å²) in [7, 11) is 1.44. The molecule has 0 unspecified atom stereocenters. The van der Waals surface area contributed by atoms with Crippen molar-refractivity contribution in [3.63, 3.8) is 0 Å². The highest BCUT2D eigenvalue weighted by atomic mass is 16.5. The Morgan fingerprint density at radius 1 is 1.07 bits per heavy atom. The number of nitrogens with one attached hydrogen (secondary N) is 2. The van der Waals surface area contributed by atoms with Crippen molar-refractivity contribution in [2.45, 2.75) is 6.54 Å². The maximum absolute atomic E-state index is 11.8. The van der Waals surface area contributed by atoms with Crippen molar-refractivity contribution in [2.75, 3.05) is 13.7 Å². The fourth-order valence-electron chi connectivity index (χ4n) is 2.11. The minimum Gasteiger partial charge on any atom is -0.493 e. The molecule has 3 amide bonds. The third kappa shape index (κ3) is 6.45. The molecule has 0 radical (unpaired) electrons. The third-order valence-electron chi connectivity index (χ3n) is 3.44. The minimum atomic E-state index is -0.888. The predicted octanol–water partition coefficient (Wildman–Crippen LogP) is 0.326. The van der Waals surface area contributed by atoms with Crippen LogP contribution < -0.4 is 25.9 Å². The second-order valence-corrected chi connectivity index (χ2v) is 5.53. The van der Waals surface area contributed by atoms with Crippen LogP contribution in [0.2, 0.25) is 0 Å². The normalized spacial score (nSPS) is 10.3. The zero-order chi connectivity index (χ0) is 20.4. The number of amides is 3. The van der Waals surface area contributed by atoms with Gasteiger partial charge in [0.1, 0.15) is 0 Å². The number of methoxy groups -OCH3 is 1. The summed E-state index contributed by atoms with van der Waals surface area (Å²) < 4.78 is 10.4. The van der Waals surface area contributed by atoms with Crippen LogP contribution in [0.25, 0.3) is 0 Å². The number of nitrogens with two attached hydrogens (primary N) is 1. The highest BCUT2D eigenvalue weighted by Crippen LogP contribution is 2.27. The van der Waals surface area contributed by atoms with Crippen molar-refractivity contribution in [3.05, 3.63) is 59.7 Å². The Bertz CT molecular complexity index is 868. The van der Waals surface area contributed by atoms with Gasteiger partial charge in [-0.1, -0.05) is 30.3 Å². The molecular formula is C19H20N4O5. The number of carbonyl (C=O) groups is 3. The van der Waals surface area contributed by atoms with E-state index in [4.69, 9.17) is 15.2 Å². The van der Waals surface area contributed by atoms with Gasteiger partial charge in [0, 0.05) is 6.54 Å². The van der Waals surface area contributed by atoms with Gasteiger partial charge in [0.15, 0.2) is 18.1 Å². The number of hydrogen-bond acceptors (Lipinski definition) is 6. The molecule has 0 saturated carbocycles. The van der Waals surface area contributed by atoms with Gasteiger partial charge >= 0.3 is 11.8 Å². The Hall–Kier alpha value is -3.88. The largest absolute Gasteiger partial charge is 0.493 e. The van der Waals surface area contributed by atoms with Gasteiger partial charge in [0.05, 0.1) is 13.3 Å². The number of benzene rings is 2. The summed E-state index contributed by atoms with van der Waals surface area (Å²) in [5, 5.41) is 6.24. The van der Waals surface area contributed by atoms with Gasteiger partial charge in [-0.3, -0.25) is 14.4 Å². The van der Waals surface area contributed by atoms with Crippen molar-refractivity contribution >= 4 is 23.9 Å². The fourth-order valence-corrected chi connectivity index (χ4v) is 2.11. The molecule has 0 aromatic heterocycles. The summed E-state index contributed by atoms with van der Waals surface area (Å²) in [6.07, 6.45) is 1.34. The first kappa shape index (κ1) is 20.4. The topological polar surface area (TPSA) is 132 Å². The highest BCUT2D eigenvalue weighted by Gasteiger charge is 2.12. The number of primary amides is 1. The quantitative estimate of drug-likeness (QED) is 0.343. The highest BCUT2D eigenvalue weighted by molar-refractivity contribution is 6.35. The molecule has 0 fully saturated rings. The van der Waals surface area contributed by atoms with Gasteiger partial charge in [-0.2, -0.15) is 5.10 Å². The van der Waals surface area contributed by atoms with E-state index in [1.54, 1.807) is 18.2 Å². The number of nitrogens with zero attached hydrogens (tertiary/aromatic N) is 1. The molecule has 0 heterocycles. The van der Waals surface area contributed by atoms with Crippen LogP contribution in [0, 0.1) is 0 Å². The summed E-state index contributed by atoms with van der Waals surface area (Å²) in [6.45, 7) is -0.0429. The molecule has 9 nitrogen and oxygen atoms in total. The first-order valence-corrected chi connectivity index (χ1v) is 8.24. The maximum atomic E-state index is 11.8. The van der Waals surface area contributed by atoms with Crippen molar-refractivity contribution in [2.24, 2.45) is 10.8 Å². The second kappa shape index (κ2) is 10.3. The summed E-state index contributed by atoms with van der Waals surface area (Å²) in [5.74, 6) is -1.60. The van der Waals surface area contributed by atoms with E-state index in [9.17, 15) is 14.4 Å². The minimum absolute atomic E-state index is 0.237. The number of hydrazone groups is 1. The van der Waals surface area contributed by atoms with Gasteiger partial charge < -0.3 is 20.5 Å². The van der Waals surface area contributed by atoms with Crippen molar-refractivity contribution in [3.8, 4) is 11.5 Å². The lowest BCUT2D eigenvalue weighted by atomic mass is 10.2. The zero-order valence-electron chi connectivity index (χ0n) is 15.2. The van der Waals surface area contributed by atoms with Crippen LogP contribution in [0.4, 0.5) is 0 Å². The van der Waals surface area contributed by atoms with Crippen LogP contribution in [-0.4, -0.2) is 37.7 Å². The van der Waals surface area contributed by atoms with E-state index in [-0.39, 0.29) is 13.2 Å². The Balaban J connectivity index is 1.87. The maximum Gasteiger partial charge on any atom is 0.329 e. The average Bonchev–Trinajstić information content (AvgIpc) is 2.71. The molecule has 146 valence electrons. The summed E-state index contributed by atoms with van der Waals surface area (Å²) in [5.41, 5.74) is 8.63. The number of rotatable bonds is 8. The van der Waals surface area contributed by atoms with Gasteiger partial charge in [-0.05, 0) is 29.3 Å². The molecule has 0 aliphatic rings. The molecular weight excluding hydrogens is 364 g/mol. The monoisotopic (exact) mass is 384 g/mol. The SMILES string of the molecule is COc1cc(/C=N\NC(=O)C(=O)NCc2ccccc2)ccc1OCC(N)=O. The molecule has 9 heteroatoms. The van der Waals surface area contributed by atoms with Crippen LogP contribution in [0.15, 0.2) is 53.6 Å². The molecule has 0 bridgehead atoms. The molecule has 28 heavy (non-hydrogen) atoms. The van der Waals surface area contributed by atoms with E-state index < -0.39 is 17.7 Å². The van der Waals surface area contributed by atoms with Crippen LogP contribution >= 0.6 is 0 Å². The molecule has 0 saturated heterocycles. The molecule has 0 atom stereocenters. The summed E-state index contributed by atoms with van der Waals surface area (Å²) in [4.78, 5) is 34.3. The molecule has 0 aliphatic heterocycles. The lowest BCUT2D eigenvalue weighted by molar-refractivity contribution is -0.139. The number of carbonyl (C=O) groups excluding carboxylic acids is 3. The van der Waals surface area contributed by atoms with Crippen molar-refractivity contribution in [1.82, 2.24) is 10.7 Å². The van der Waals surface area contributed by atoms with Gasteiger partial charge in [-0.15, -0.1) is 0 Å². The van der Waals surface area contributed by atoms with E-state index in [0.29, 0.717) is 17.1 Å². The Morgan fingerprint density at radius 2 is 1.82 bits per heavy atom. The average molecular weight is 384 g/mol. The molecule has 4 N–H and O–H groups in total. The Morgan fingerprint density at radius 3 is 2.50 bits per heavy atom. The smallest absolute Gasteiger partial charge is 0.329 e. The molecule has 0 spiro atoms. The lowest BCUT2D eigenvalue weighted by Gasteiger charge is -2.09. The van der Waals surface area contributed by atoms with Crippen molar-refractivity contribution in [1.29, 1.82) is 0 Å². The van der Waals surface area contributed by atoms with E-state index >= 15 is 0 Å². The van der Waals surface area contributed by atoms with Crippen LogP contribution in [0.1, 0.15) is 11.1 Å². The molecule has 2 aromatic rings. The van der Waals surface area contributed by atoms with Gasteiger partial charge in [0.25, 0.3) is 5.91 Å². The van der Waals surface area contributed by atoms with E-state index in [0.717, 1.165) is 5.56 Å². The van der Waals surface area contributed by atoms with E-state index in [2.05, 4.69) is 15.8 Å². The molecule has 2 aromatic carbocycles. The standard InChI is InChI=1S/C19H20N4O5/c1-27-16-9-14(7-8-15(16)28-12-17(20)24)11-22-23-19(26)18(25)21-10-13-5-3-2-4-6-13/h2-9,11H,10,12H2,1H3,(H2,20,24)(H,21,25)(H,23,26)/b22-11-. The fraction of sp³-hybridized carbons (Fsp3) is 0.158. The summed E-state index contributed by atoms with van der Waals surface area (Å²) in [6, 6.07) is 14.0. The molecule has 0 aliphatic carbocycles. The van der Waals surface area contributed by atoms with Gasteiger partial charge in [-0.25, -0.2) is 5.43 Å². The van der Waals surface area contributed by atoms with E-state index in [1.807, 2.05) is 30.3 Å². The first-order chi connectivity index (χ1) is 13.5. The third-order valence-corrected chi connectivity index (χ3v) is 3.44. The summed E-state index contributed by atoms with van der Waals surface area (Å²) >= 11 is 0. The second-order valence-electron chi connectivity index (χ2n) is 5.53. The first-order valence-electron chi connectivity index (χ1n) is 8.24. The number of ether oxygens (including phenoxy) is 2. The van der Waals surface area contributed by atoms with Crippen LogP contribution in [0.5, 0.6) is 11.5 Å².